The minimum atomic E-state index is -0.377. The fraction of sp³-hybridized carbons (Fsp3) is 0.190. The number of halogens is 1. The molecule has 0 fully saturated rings. The summed E-state index contributed by atoms with van der Waals surface area (Å²) in [7, 11) is 0. The van der Waals surface area contributed by atoms with Crippen LogP contribution in [-0.2, 0) is 6.54 Å². The van der Waals surface area contributed by atoms with E-state index in [0.717, 1.165) is 5.56 Å². The first kappa shape index (κ1) is 19.3. The van der Waals surface area contributed by atoms with Gasteiger partial charge in [-0.2, -0.15) is 0 Å². The van der Waals surface area contributed by atoms with E-state index >= 15 is 0 Å². The van der Waals surface area contributed by atoms with E-state index in [4.69, 9.17) is 4.74 Å². The lowest BCUT2D eigenvalue weighted by atomic mass is 10.2. The van der Waals surface area contributed by atoms with E-state index in [1.165, 1.54) is 24.5 Å². The van der Waals surface area contributed by atoms with Crippen LogP contribution in [0, 0.1) is 5.82 Å². The third-order valence-electron chi connectivity index (χ3n) is 3.77. The molecule has 0 radical (unpaired) electrons. The zero-order chi connectivity index (χ0) is 19.9. The molecule has 28 heavy (non-hydrogen) atoms. The van der Waals surface area contributed by atoms with Crippen molar-refractivity contribution < 1.29 is 13.9 Å². The van der Waals surface area contributed by atoms with Crippen molar-refractivity contribution in [1.29, 1.82) is 0 Å². The molecule has 0 aliphatic rings. The van der Waals surface area contributed by atoms with E-state index in [9.17, 15) is 9.18 Å². The van der Waals surface area contributed by atoms with Gasteiger partial charge in [-0.1, -0.05) is 24.3 Å². The highest BCUT2D eigenvalue weighted by molar-refractivity contribution is 6.03. The maximum Gasteiger partial charge on any atom is 0.275 e. The van der Waals surface area contributed by atoms with Crippen LogP contribution >= 0.6 is 0 Å². The number of hydrogen-bond donors (Lipinski definition) is 2. The van der Waals surface area contributed by atoms with E-state index in [2.05, 4.69) is 20.6 Å². The summed E-state index contributed by atoms with van der Waals surface area (Å²) in [6, 6.07) is 13.4. The summed E-state index contributed by atoms with van der Waals surface area (Å²) in [4.78, 5) is 20.8. The molecular weight excluding hydrogens is 359 g/mol. The molecular formula is C21H21FN4O2. The molecule has 0 saturated carbocycles. The smallest absolute Gasteiger partial charge is 0.275 e. The Kier molecular flexibility index (Phi) is 6.16. The number of aromatic nitrogens is 2. The van der Waals surface area contributed by atoms with E-state index < -0.39 is 0 Å². The largest absolute Gasteiger partial charge is 0.489 e. The summed E-state index contributed by atoms with van der Waals surface area (Å²) in [6.07, 6.45) is 2.87. The summed E-state index contributed by atoms with van der Waals surface area (Å²) < 4.78 is 18.6. The van der Waals surface area contributed by atoms with Crippen LogP contribution in [0.25, 0.3) is 0 Å². The summed E-state index contributed by atoms with van der Waals surface area (Å²) in [5, 5.41) is 5.87. The van der Waals surface area contributed by atoms with Gasteiger partial charge in [-0.15, -0.1) is 0 Å². The fourth-order valence-electron chi connectivity index (χ4n) is 2.44. The molecule has 3 rings (SSSR count). The summed E-state index contributed by atoms with van der Waals surface area (Å²) in [5.74, 6) is 0.456. The summed E-state index contributed by atoms with van der Waals surface area (Å²) >= 11 is 0. The minimum Gasteiger partial charge on any atom is -0.489 e. The number of ether oxygens (including phenoxy) is 1. The Hall–Kier alpha value is -3.48. The van der Waals surface area contributed by atoms with Gasteiger partial charge in [0.1, 0.15) is 23.1 Å². The van der Waals surface area contributed by atoms with E-state index in [-0.39, 0.29) is 23.5 Å². The van der Waals surface area contributed by atoms with Crippen molar-refractivity contribution in [3.8, 4) is 5.75 Å². The Labute approximate surface area is 162 Å². The van der Waals surface area contributed by atoms with Crippen LogP contribution in [0.3, 0.4) is 0 Å². The summed E-state index contributed by atoms with van der Waals surface area (Å²) in [5.41, 5.74) is 1.67. The first-order valence-corrected chi connectivity index (χ1v) is 8.88. The van der Waals surface area contributed by atoms with Gasteiger partial charge in [0.15, 0.2) is 0 Å². The number of hydrogen-bond acceptors (Lipinski definition) is 5. The zero-order valence-electron chi connectivity index (χ0n) is 15.6. The van der Waals surface area contributed by atoms with Crippen LogP contribution in [0.15, 0.2) is 60.9 Å². The highest BCUT2D eigenvalue weighted by Crippen LogP contribution is 2.25. The predicted octanol–water partition coefficient (Wildman–Crippen LogP) is 4.27. The lowest BCUT2D eigenvalue weighted by molar-refractivity contribution is 0.102. The molecule has 1 heterocycles. The lowest BCUT2D eigenvalue weighted by Crippen LogP contribution is -2.16. The average molecular weight is 380 g/mol. The lowest BCUT2D eigenvalue weighted by Gasteiger charge is -2.14. The van der Waals surface area contributed by atoms with Crippen LogP contribution < -0.4 is 15.4 Å². The van der Waals surface area contributed by atoms with Crippen LogP contribution in [-0.4, -0.2) is 22.0 Å². The molecule has 144 valence electrons. The standard InChI is InChI=1S/C21H21FN4O2/c1-14(2)28-19-6-4-3-5-17(19)26-21(27)18-12-25-20(13-23-18)24-11-15-7-9-16(22)10-8-15/h3-10,12-14H,11H2,1-2H3,(H,24,25)(H,26,27). The van der Waals surface area contributed by atoms with E-state index in [0.29, 0.717) is 23.8 Å². The van der Waals surface area contributed by atoms with Gasteiger partial charge >= 0.3 is 0 Å². The molecule has 0 atom stereocenters. The number of carbonyl (C=O) groups is 1. The number of benzene rings is 2. The van der Waals surface area contributed by atoms with Gasteiger partial charge in [-0.25, -0.2) is 14.4 Å². The van der Waals surface area contributed by atoms with Gasteiger partial charge in [-0.3, -0.25) is 4.79 Å². The van der Waals surface area contributed by atoms with Crippen molar-refractivity contribution in [3.05, 3.63) is 78.0 Å². The normalized spacial score (nSPS) is 10.6. The maximum absolute atomic E-state index is 12.9. The Morgan fingerprint density at radius 3 is 2.50 bits per heavy atom. The molecule has 6 nitrogen and oxygen atoms in total. The van der Waals surface area contributed by atoms with Gasteiger partial charge in [0.05, 0.1) is 24.2 Å². The van der Waals surface area contributed by atoms with Gasteiger partial charge in [0.2, 0.25) is 0 Å². The Bertz CT molecular complexity index is 928. The number of para-hydroxylation sites is 2. The molecule has 0 aliphatic heterocycles. The van der Waals surface area contributed by atoms with Crippen molar-refractivity contribution in [2.24, 2.45) is 0 Å². The topological polar surface area (TPSA) is 76.1 Å². The van der Waals surface area contributed by atoms with Crippen LogP contribution in [0.1, 0.15) is 29.9 Å². The molecule has 0 bridgehead atoms. The number of rotatable bonds is 7. The zero-order valence-corrected chi connectivity index (χ0v) is 15.6. The SMILES string of the molecule is CC(C)Oc1ccccc1NC(=O)c1cnc(NCc2ccc(F)cc2)cn1. The minimum absolute atomic E-state index is 0.00990. The molecule has 0 spiro atoms. The second-order valence-electron chi connectivity index (χ2n) is 6.38. The molecule has 1 amide bonds. The van der Waals surface area contributed by atoms with Crippen LogP contribution in [0.2, 0.25) is 0 Å². The number of amides is 1. The van der Waals surface area contributed by atoms with Crippen LogP contribution in [0.5, 0.6) is 5.75 Å². The third-order valence-corrected chi connectivity index (χ3v) is 3.77. The molecule has 1 aromatic heterocycles. The fourth-order valence-corrected chi connectivity index (χ4v) is 2.44. The van der Waals surface area contributed by atoms with Gasteiger partial charge in [-0.05, 0) is 43.7 Å². The van der Waals surface area contributed by atoms with Gasteiger partial charge in [0.25, 0.3) is 5.91 Å². The number of nitrogens with zero attached hydrogens (tertiary/aromatic N) is 2. The highest BCUT2D eigenvalue weighted by atomic mass is 19.1. The van der Waals surface area contributed by atoms with Crippen molar-refractivity contribution in [2.45, 2.75) is 26.5 Å². The summed E-state index contributed by atoms with van der Waals surface area (Å²) in [6.45, 7) is 4.31. The predicted molar refractivity (Wildman–Crippen MR) is 106 cm³/mol. The Balaban J connectivity index is 1.61. The maximum atomic E-state index is 12.9. The second kappa shape index (κ2) is 8.94. The van der Waals surface area contributed by atoms with Crippen molar-refractivity contribution in [2.75, 3.05) is 10.6 Å². The Morgan fingerprint density at radius 1 is 1.07 bits per heavy atom. The first-order chi connectivity index (χ1) is 13.5. The molecule has 3 aromatic rings. The number of anilines is 2. The molecule has 2 aromatic carbocycles. The molecule has 2 N–H and O–H groups in total. The second-order valence-corrected chi connectivity index (χ2v) is 6.38. The molecule has 0 saturated heterocycles. The Morgan fingerprint density at radius 2 is 1.82 bits per heavy atom. The molecule has 0 unspecified atom stereocenters. The van der Waals surface area contributed by atoms with Crippen molar-refractivity contribution >= 4 is 17.4 Å². The van der Waals surface area contributed by atoms with Crippen molar-refractivity contribution in [3.63, 3.8) is 0 Å². The van der Waals surface area contributed by atoms with Crippen LogP contribution in [0.4, 0.5) is 15.9 Å². The van der Waals surface area contributed by atoms with E-state index in [1.54, 1.807) is 24.3 Å². The number of nitrogens with one attached hydrogen (secondary N) is 2. The quantitative estimate of drug-likeness (QED) is 0.640. The van der Waals surface area contributed by atoms with E-state index in [1.807, 2.05) is 26.0 Å². The monoisotopic (exact) mass is 380 g/mol. The molecule has 7 heteroatoms. The highest BCUT2D eigenvalue weighted by Gasteiger charge is 2.12. The number of carbonyl (C=O) groups excluding carboxylic acids is 1. The third kappa shape index (κ3) is 5.26. The van der Waals surface area contributed by atoms with Gasteiger partial charge in [0, 0.05) is 6.54 Å². The van der Waals surface area contributed by atoms with Gasteiger partial charge < -0.3 is 15.4 Å². The average Bonchev–Trinajstić information content (AvgIpc) is 2.69. The first-order valence-electron chi connectivity index (χ1n) is 8.88. The van der Waals surface area contributed by atoms with Crippen molar-refractivity contribution in [1.82, 2.24) is 9.97 Å². The molecule has 0 aliphatic carbocycles.